The van der Waals surface area contributed by atoms with E-state index in [4.69, 9.17) is 4.74 Å². The number of carbonyl (C=O) groups is 3. The molecule has 2 aromatic carbocycles. The molecule has 0 spiro atoms. The molecule has 11 heteroatoms. The molecule has 37 heavy (non-hydrogen) atoms. The number of rotatable bonds is 9. The number of nitrogens with one attached hydrogen (secondary N) is 2. The molecule has 0 aromatic heterocycles. The number of fused-ring (bicyclic) bond motifs is 1. The van der Waals surface area contributed by atoms with E-state index in [9.17, 15) is 28.3 Å². The van der Waals surface area contributed by atoms with E-state index in [0.717, 1.165) is 6.07 Å². The van der Waals surface area contributed by atoms with Crippen LogP contribution in [0.5, 0.6) is 5.75 Å². The van der Waals surface area contributed by atoms with E-state index in [2.05, 4.69) is 10.6 Å². The summed E-state index contributed by atoms with van der Waals surface area (Å²) in [6.07, 6.45) is -0.608. The predicted octanol–water partition coefficient (Wildman–Crippen LogP) is 1.59. The molecule has 0 aliphatic carbocycles. The number of benzene rings is 2. The topological polar surface area (TPSA) is 111 Å². The minimum absolute atomic E-state index is 0.156. The van der Waals surface area contributed by atoms with Crippen LogP contribution >= 0.6 is 0 Å². The molecule has 2 aliphatic rings. The normalized spacial score (nSPS) is 19.6. The van der Waals surface area contributed by atoms with Crippen LogP contribution in [-0.4, -0.2) is 72.1 Å². The lowest BCUT2D eigenvalue weighted by Crippen LogP contribution is -2.55. The molecule has 2 aromatic rings. The summed E-state index contributed by atoms with van der Waals surface area (Å²) in [7, 11) is 3.74. The van der Waals surface area contributed by atoms with Gasteiger partial charge in [0.2, 0.25) is 5.91 Å². The second-order valence-corrected chi connectivity index (χ2v) is 9.48. The first kappa shape index (κ1) is 26.5. The Morgan fingerprint density at radius 1 is 1.24 bits per heavy atom. The van der Waals surface area contributed by atoms with Gasteiger partial charge in [0.05, 0.1) is 6.04 Å². The fourth-order valence-corrected chi connectivity index (χ4v) is 4.42. The van der Waals surface area contributed by atoms with E-state index in [0.29, 0.717) is 36.3 Å². The lowest BCUT2D eigenvalue weighted by molar-refractivity contribution is -0.147. The fraction of sp³-hybridized carbons (Fsp3) is 0.423. The van der Waals surface area contributed by atoms with E-state index in [-0.39, 0.29) is 37.1 Å². The Morgan fingerprint density at radius 2 is 2.03 bits per heavy atom. The molecule has 0 radical (unpaired) electrons. The molecular formula is C26H30F2N4O5. The van der Waals surface area contributed by atoms with Gasteiger partial charge in [-0.3, -0.25) is 14.4 Å². The Kier molecular flexibility index (Phi) is 7.74. The number of hydrogen-bond donors (Lipinski definition) is 3. The minimum atomic E-state index is -3.77. The summed E-state index contributed by atoms with van der Waals surface area (Å²) < 4.78 is 35.3. The van der Waals surface area contributed by atoms with Gasteiger partial charge in [0.15, 0.2) is 0 Å². The van der Waals surface area contributed by atoms with Gasteiger partial charge in [-0.05, 0) is 49.8 Å². The highest BCUT2D eigenvalue weighted by molar-refractivity contribution is 5.98. The van der Waals surface area contributed by atoms with Crippen LogP contribution in [0.15, 0.2) is 42.5 Å². The molecule has 2 atom stereocenters. The SMILES string of the molecule is CN(C)CCOc1cccc(C(F)(F)C(=O)NCc2ccc3c(c2)CN(C2CCC(=O)NC2O)C3=O)c1. The van der Waals surface area contributed by atoms with Crippen LogP contribution in [0.1, 0.15) is 39.9 Å². The van der Waals surface area contributed by atoms with Gasteiger partial charge in [0.25, 0.3) is 11.8 Å². The number of piperidine rings is 1. The summed E-state index contributed by atoms with van der Waals surface area (Å²) in [5.74, 6) is -5.51. The molecule has 198 valence electrons. The van der Waals surface area contributed by atoms with E-state index in [1.54, 1.807) is 24.3 Å². The number of carbonyl (C=O) groups excluding carboxylic acids is 3. The van der Waals surface area contributed by atoms with Crippen molar-refractivity contribution in [1.29, 1.82) is 0 Å². The van der Waals surface area contributed by atoms with Crippen LogP contribution in [0, 0.1) is 0 Å². The Morgan fingerprint density at radius 3 is 2.76 bits per heavy atom. The van der Waals surface area contributed by atoms with Crippen LogP contribution in [0.4, 0.5) is 8.78 Å². The Hall–Kier alpha value is -3.57. The van der Waals surface area contributed by atoms with E-state index in [1.807, 2.05) is 19.0 Å². The van der Waals surface area contributed by atoms with Gasteiger partial charge in [-0.15, -0.1) is 0 Å². The number of alkyl halides is 2. The molecule has 3 N–H and O–H groups in total. The maximum Gasteiger partial charge on any atom is 0.349 e. The third-order valence-electron chi connectivity index (χ3n) is 6.48. The summed E-state index contributed by atoms with van der Waals surface area (Å²) >= 11 is 0. The van der Waals surface area contributed by atoms with Crippen molar-refractivity contribution in [3.05, 3.63) is 64.7 Å². The Bertz CT molecular complexity index is 1190. The predicted molar refractivity (Wildman–Crippen MR) is 130 cm³/mol. The van der Waals surface area contributed by atoms with E-state index >= 15 is 0 Å². The number of ether oxygens (including phenoxy) is 1. The largest absolute Gasteiger partial charge is 0.492 e. The zero-order chi connectivity index (χ0) is 26.7. The van der Waals surface area contributed by atoms with Gasteiger partial charge < -0.3 is 30.3 Å². The summed E-state index contributed by atoms with van der Waals surface area (Å²) in [6, 6.07) is 9.61. The smallest absolute Gasteiger partial charge is 0.349 e. The zero-order valence-corrected chi connectivity index (χ0v) is 20.7. The first-order valence-corrected chi connectivity index (χ1v) is 12.0. The van der Waals surface area contributed by atoms with Gasteiger partial charge in [0.1, 0.15) is 18.6 Å². The highest BCUT2D eigenvalue weighted by atomic mass is 19.3. The van der Waals surface area contributed by atoms with Gasteiger partial charge in [-0.2, -0.15) is 8.78 Å². The van der Waals surface area contributed by atoms with E-state index < -0.39 is 29.7 Å². The highest BCUT2D eigenvalue weighted by Crippen LogP contribution is 2.32. The molecule has 0 saturated carbocycles. The summed E-state index contributed by atoms with van der Waals surface area (Å²) in [6.45, 7) is 0.991. The standard InChI is InChI=1S/C26H30F2N4O5/c1-31(2)10-11-37-19-5-3-4-18(13-19)26(27,28)25(36)29-14-16-6-7-20-17(12-16)15-32(24(20)35)21-8-9-22(33)30-23(21)34/h3-7,12-13,21,23,34H,8-11,14-15H2,1-2H3,(H,29,36)(H,30,33). The molecule has 3 amide bonds. The van der Waals surface area contributed by atoms with Crippen LogP contribution in [-0.2, 0) is 28.6 Å². The monoisotopic (exact) mass is 516 g/mol. The lowest BCUT2D eigenvalue weighted by Gasteiger charge is -2.35. The van der Waals surface area contributed by atoms with Crippen molar-refractivity contribution >= 4 is 17.7 Å². The number of hydrogen-bond acceptors (Lipinski definition) is 6. The molecule has 9 nitrogen and oxygen atoms in total. The van der Waals surface area contributed by atoms with Crippen molar-refractivity contribution in [1.82, 2.24) is 20.4 Å². The van der Waals surface area contributed by atoms with Crippen LogP contribution < -0.4 is 15.4 Å². The lowest BCUT2D eigenvalue weighted by atomic mass is 10.0. The van der Waals surface area contributed by atoms with Crippen molar-refractivity contribution < 1.29 is 33.0 Å². The van der Waals surface area contributed by atoms with Gasteiger partial charge in [-0.1, -0.05) is 24.3 Å². The number of amides is 3. The molecule has 2 heterocycles. The number of aliphatic hydroxyl groups is 1. The maximum absolute atomic E-state index is 14.9. The van der Waals surface area contributed by atoms with Gasteiger partial charge >= 0.3 is 5.92 Å². The third kappa shape index (κ3) is 5.89. The zero-order valence-electron chi connectivity index (χ0n) is 20.7. The Labute approximate surface area is 213 Å². The van der Waals surface area contributed by atoms with Crippen molar-refractivity contribution in [3.63, 3.8) is 0 Å². The molecule has 2 aliphatic heterocycles. The summed E-state index contributed by atoms with van der Waals surface area (Å²) in [4.78, 5) is 40.1. The molecule has 1 fully saturated rings. The quantitative estimate of drug-likeness (QED) is 0.467. The summed E-state index contributed by atoms with van der Waals surface area (Å²) in [5, 5.41) is 14.9. The number of nitrogens with zero attached hydrogens (tertiary/aromatic N) is 2. The summed E-state index contributed by atoms with van der Waals surface area (Å²) in [5.41, 5.74) is 1.18. The average Bonchev–Trinajstić information content (AvgIpc) is 3.17. The van der Waals surface area contributed by atoms with Crippen LogP contribution in [0.2, 0.25) is 0 Å². The van der Waals surface area contributed by atoms with E-state index in [1.165, 1.54) is 17.0 Å². The van der Waals surface area contributed by atoms with Crippen molar-refractivity contribution in [2.45, 2.75) is 44.1 Å². The van der Waals surface area contributed by atoms with Crippen LogP contribution in [0.25, 0.3) is 0 Å². The molecule has 1 saturated heterocycles. The number of aliphatic hydroxyl groups excluding tert-OH is 1. The third-order valence-corrected chi connectivity index (χ3v) is 6.48. The second kappa shape index (κ2) is 10.8. The van der Waals surface area contributed by atoms with Gasteiger partial charge in [-0.25, -0.2) is 0 Å². The maximum atomic E-state index is 14.9. The molecule has 2 unspecified atom stereocenters. The first-order chi connectivity index (χ1) is 17.6. The van der Waals surface area contributed by atoms with Gasteiger partial charge in [0, 0.05) is 37.2 Å². The molecular weight excluding hydrogens is 486 g/mol. The van der Waals surface area contributed by atoms with Crippen molar-refractivity contribution in [2.24, 2.45) is 0 Å². The number of halogens is 2. The minimum Gasteiger partial charge on any atom is -0.492 e. The molecule has 4 rings (SSSR count). The van der Waals surface area contributed by atoms with Crippen LogP contribution in [0.3, 0.4) is 0 Å². The first-order valence-electron chi connectivity index (χ1n) is 12.0. The Balaban J connectivity index is 1.38. The van der Waals surface area contributed by atoms with Crippen molar-refractivity contribution in [3.8, 4) is 5.75 Å². The molecule has 0 bridgehead atoms. The highest BCUT2D eigenvalue weighted by Gasteiger charge is 2.41. The fourth-order valence-electron chi connectivity index (χ4n) is 4.42. The number of likely N-dealkylation sites (N-methyl/N-ethyl adjacent to an activating group) is 1. The second-order valence-electron chi connectivity index (χ2n) is 9.48. The average molecular weight is 517 g/mol. The van der Waals surface area contributed by atoms with Crippen molar-refractivity contribution in [2.75, 3.05) is 27.2 Å².